The van der Waals surface area contributed by atoms with Gasteiger partial charge in [0, 0.05) is 23.5 Å². The maximum Gasteiger partial charge on any atom is 0.313 e. The van der Waals surface area contributed by atoms with Gasteiger partial charge < -0.3 is 29.7 Å². The first-order chi connectivity index (χ1) is 19.6. The van der Waals surface area contributed by atoms with Gasteiger partial charge in [-0.2, -0.15) is 0 Å². The van der Waals surface area contributed by atoms with Gasteiger partial charge in [-0.05, 0) is 38.2 Å². The van der Waals surface area contributed by atoms with E-state index in [1.54, 1.807) is 13.0 Å². The molecular formula is C30H42BrN3O7. The van der Waals surface area contributed by atoms with Gasteiger partial charge in [-0.25, -0.2) is 0 Å². The molecule has 3 fully saturated rings. The summed E-state index contributed by atoms with van der Waals surface area (Å²) in [7, 11) is 0. The lowest BCUT2D eigenvalue weighted by Gasteiger charge is -2.42. The number of nitrogens with zero attached hydrogens (tertiary/aromatic N) is 2. The minimum Gasteiger partial charge on any atom is -0.460 e. The number of carbonyl (C=O) groups excluding carboxylic acids is 4. The Labute approximate surface area is 250 Å². The number of halogens is 1. The quantitative estimate of drug-likeness (QED) is 0.359. The molecule has 7 atom stereocenters. The van der Waals surface area contributed by atoms with Gasteiger partial charge in [0.25, 0.3) is 0 Å². The van der Waals surface area contributed by atoms with Crippen molar-refractivity contribution in [2.24, 2.45) is 17.8 Å². The molecule has 2 saturated heterocycles. The van der Waals surface area contributed by atoms with Crippen LogP contribution in [0, 0.1) is 17.8 Å². The van der Waals surface area contributed by atoms with Gasteiger partial charge in [-0.1, -0.05) is 61.2 Å². The Hall–Kier alpha value is -2.24. The number of ether oxygens (including phenoxy) is 2. The number of carbonyl (C=O) groups is 4. The van der Waals surface area contributed by atoms with Crippen molar-refractivity contribution in [2.45, 2.75) is 102 Å². The number of aliphatic hydroxyl groups excluding tert-OH is 1. The molecule has 0 aromatic rings. The summed E-state index contributed by atoms with van der Waals surface area (Å²) in [6.45, 7) is 5.68. The van der Waals surface area contributed by atoms with Crippen LogP contribution in [0.15, 0.2) is 22.7 Å². The van der Waals surface area contributed by atoms with Gasteiger partial charge in [0.2, 0.25) is 17.7 Å². The predicted molar refractivity (Wildman–Crippen MR) is 153 cm³/mol. The van der Waals surface area contributed by atoms with Gasteiger partial charge in [0.1, 0.15) is 29.8 Å². The molecule has 0 aromatic carbocycles. The number of aliphatic hydroxyl groups is 1. The smallest absolute Gasteiger partial charge is 0.313 e. The van der Waals surface area contributed by atoms with Crippen LogP contribution in [-0.2, 0) is 28.7 Å². The van der Waals surface area contributed by atoms with Crippen molar-refractivity contribution in [2.75, 3.05) is 19.7 Å². The Bertz CT molecular complexity index is 1120. The average Bonchev–Trinajstić information content (AvgIpc) is 3.53. The fourth-order valence-corrected chi connectivity index (χ4v) is 8.07. The Balaban J connectivity index is 1.62. The normalized spacial score (nSPS) is 36.7. The molecule has 4 heterocycles. The molecule has 0 radical (unpaired) electrons. The summed E-state index contributed by atoms with van der Waals surface area (Å²) < 4.78 is 12.9. The van der Waals surface area contributed by atoms with Crippen molar-refractivity contribution >= 4 is 39.6 Å². The number of rotatable bonds is 4. The number of hydrogen-bond donors (Lipinski definition) is 2. The van der Waals surface area contributed by atoms with E-state index in [2.05, 4.69) is 21.2 Å². The summed E-state index contributed by atoms with van der Waals surface area (Å²) in [4.78, 5) is 58.6. The third-order valence-electron chi connectivity index (χ3n) is 9.39. The second kappa shape index (κ2) is 12.2. The first-order valence-electron chi connectivity index (χ1n) is 15.0. The van der Waals surface area contributed by atoms with Crippen LogP contribution in [0.25, 0.3) is 0 Å². The summed E-state index contributed by atoms with van der Waals surface area (Å²) >= 11 is 3.57. The number of nitrogens with one attached hydrogen (secondary N) is 1. The maximum atomic E-state index is 14.8. The first kappa shape index (κ1) is 30.2. The third-order valence-corrected chi connectivity index (χ3v) is 10.1. The second-order valence-electron chi connectivity index (χ2n) is 12.4. The van der Waals surface area contributed by atoms with Crippen LogP contribution in [0.3, 0.4) is 0 Å². The monoisotopic (exact) mass is 635 g/mol. The SMILES string of the molecule is CC(C)[C@H](CO)N1C(=O)[C@@H]2[C@H]3C(=O)O[C@@H](C)CNC(=O)CC/C=C\CN(C4CCCCC4)C(=O)[C@@H]1[C@]21C=C(Br)[C@H]3O1. The molecule has 3 amide bonds. The molecule has 226 valence electrons. The van der Waals surface area contributed by atoms with Crippen LogP contribution in [0.1, 0.15) is 65.7 Å². The predicted octanol–water partition coefficient (Wildman–Crippen LogP) is 2.44. The molecule has 10 nitrogen and oxygen atoms in total. The lowest BCUT2D eigenvalue weighted by Crippen LogP contribution is -2.61. The highest BCUT2D eigenvalue weighted by molar-refractivity contribution is 9.11. The van der Waals surface area contributed by atoms with Crippen LogP contribution >= 0.6 is 15.9 Å². The minimum atomic E-state index is -1.37. The van der Waals surface area contributed by atoms with Gasteiger partial charge in [0.05, 0.1) is 25.1 Å². The minimum absolute atomic E-state index is 0.00190. The Morgan fingerprint density at radius 1 is 1.12 bits per heavy atom. The van der Waals surface area contributed by atoms with Crippen molar-refractivity contribution in [3.63, 3.8) is 0 Å². The summed E-state index contributed by atoms with van der Waals surface area (Å²) in [5.41, 5.74) is -1.37. The summed E-state index contributed by atoms with van der Waals surface area (Å²) in [6, 6.07) is -1.68. The zero-order valence-corrected chi connectivity index (χ0v) is 25.7. The number of likely N-dealkylation sites (tertiary alicyclic amines) is 1. The largest absolute Gasteiger partial charge is 0.460 e. The van der Waals surface area contributed by atoms with E-state index in [1.807, 2.05) is 30.9 Å². The van der Waals surface area contributed by atoms with Gasteiger partial charge in [0.15, 0.2) is 0 Å². The molecule has 5 bridgehead atoms. The lowest BCUT2D eigenvalue weighted by molar-refractivity contribution is -0.160. The maximum absolute atomic E-state index is 14.8. The highest BCUT2D eigenvalue weighted by atomic mass is 79.9. The third kappa shape index (κ3) is 5.38. The Morgan fingerprint density at radius 2 is 1.85 bits per heavy atom. The van der Waals surface area contributed by atoms with Crippen LogP contribution < -0.4 is 5.32 Å². The van der Waals surface area contributed by atoms with E-state index in [4.69, 9.17) is 9.47 Å². The van der Waals surface area contributed by atoms with E-state index < -0.39 is 47.7 Å². The first-order valence-corrected chi connectivity index (χ1v) is 15.8. The molecule has 0 aromatic heterocycles. The molecule has 41 heavy (non-hydrogen) atoms. The number of hydrogen-bond acceptors (Lipinski definition) is 7. The van der Waals surface area contributed by atoms with E-state index in [-0.39, 0.29) is 49.3 Å². The number of fused-ring (bicyclic) bond motifs is 2. The van der Waals surface area contributed by atoms with Crippen LogP contribution in [0.2, 0.25) is 0 Å². The number of cyclic esters (lactones) is 1. The number of amides is 3. The zero-order valence-electron chi connectivity index (χ0n) is 24.1. The fourth-order valence-electron chi connectivity index (χ4n) is 7.34. The molecule has 5 rings (SSSR count). The highest BCUT2D eigenvalue weighted by Gasteiger charge is 2.75. The molecule has 1 aliphatic carbocycles. The van der Waals surface area contributed by atoms with Crippen molar-refractivity contribution in [3.8, 4) is 0 Å². The number of allylic oxidation sites excluding steroid dienone is 1. The van der Waals surface area contributed by atoms with Crippen molar-refractivity contribution in [1.82, 2.24) is 15.1 Å². The van der Waals surface area contributed by atoms with E-state index in [0.29, 0.717) is 17.4 Å². The molecule has 4 aliphatic heterocycles. The molecule has 11 heteroatoms. The molecule has 2 N–H and O–H groups in total. The highest BCUT2D eigenvalue weighted by Crippen LogP contribution is 2.59. The van der Waals surface area contributed by atoms with Gasteiger partial charge >= 0.3 is 5.97 Å². The molecule has 5 aliphatic rings. The molecular weight excluding hydrogens is 594 g/mol. The Morgan fingerprint density at radius 3 is 2.54 bits per heavy atom. The summed E-state index contributed by atoms with van der Waals surface area (Å²) in [6.07, 6.45) is 9.93. The summed E-state index contributed by atoms with van der Waals surface area (Å²) in [5, 5.41) is 13.3. The molecule has 0 unspecified atom stereocenters. The second-order valence-corrected chi connectivity index (χ2v) is 13.3. The van der Waals surface area contributed by atoms with Crippen molar-refractivity contribution in [3.05, 3.63) is 22.7 Å². The topological polar surface area (TPSA) is 125 Å². The van der Waals surface area contributed by atoms with Gasteiger partial charge in [-0.15, -0.1) is 0 Å². The van der Waals surface area contributed by atoms with E-state index >= 15 is 0 Å². The van der Waals surface area contributed by atoms with Crippen molar-refractivity contribution < 1.29 is 33.8 Å². The molecule has 1 spiro atoms. The van der Waals surface area contributed by atoms with Crippen LogP contribution in [-0.4, -0.2) is 94.2 Å². The van der Waals surface area contributed by atoms with Crippen molar-refractivity contribution in [1.29, 1.82) is 0 Å². The fraction of sp³-hybridized carbons (Fsp3) is 0.733. The van der Waals surface area contributed by atoms with E-state index in [0.717, 1.165) is 32.1 Å². The zero-order chi connectivity index (χ0) is 29.5. The summed E-state index contributed by atoms with van der Waals surface area (Å²) in [5.74, 6) is -3.45. The van der Waals surface area contributed by atoms with Crippen LogP contribution in [0.4, 0.5) is 0 Å². The van der Waals surface area contributed by atoms with E-state index in [9.17, 15) is 24.3 Å². The van der Waals surface area contributed by atoms with Gasteiger partial charge in [-0.3, -0.25) is 19.2 Å². The van der Waals surface area contributed by atoms with Crippen LogP contribution in [0.5, 0.6) is 0 Å². The molecule has 1 saturated carbocycles. The van der Waals surface area contributed by atoms with E-state index in [1.165, 1.54) is 4.90 Å². The average molecular weight is 637 g/mol. The number of esters is 1. The standard InChI is InChI=1S/C30H42BrN3O7/c1-17(2)21(16-35)34-26-28(38)33(19-10-6-4-7-11-19)13-9-5-8-12-22(36)32-15-18(3)40-29(39)23-24(27(34)37)30(26)14-20(31)25(23)41-30/h5,9,14,17-19,21,23-26,35H,4,6-8,10-13,15-16H2,1-3H3,(H,32,36)/b9-5-/t18-,21-,23+,24-,25+,26+,30-/m0/s1. The lowest BCUT2D eigenvalue weighted by atomic mass is 9.74. The Kier molecular flexibility index (Phi) is 8.97.